The fourth-order valence-electron chi connectivity index (χ4n) is 2.19. The topological polar surface area (TPSA) is 55.3 Å². The zero-order valence-electron chi connectivity index (χ0n) is 9.22. The second-order valence-corrected chi connectivity index (χ2v) is 4.46. The standard InChI is InChI=1S/C11H19N3O/c1-9(12)10-2-5-14(6-3-10)8-11-4-7-15-13-11/h4,7,9-10H,2-3,5-6,8,12H2,1H3. The Bertz CT molecular complexity index is 276. The third-order valence-corrected chi connectivity index (χ3v) is 3.25. The van der Waals surface area contributed by atoms with Gasteiger partial charge in [0.05, 0.1) is 5.69 Å². The molecule has 1 aromatic rings. The van der Waals surface area contributed by atoms with Crippen molar-refractivity contribution in [1.29, 1.82) is 0 Å². The van der Waals surface area contributed by atoms with E-state index in [2.05, 4.69) is 17.0 Å². The van der Waals surface area contributed by atoms with Crippen LogP contribution in [-0.2, 0) is 6.54 Å². The summed E-state index contributed by atoms with van der Waals surface area (Å²) in [7, 11) is 0. The van der Waals surface area contributed by atoms with E-state index in [-0.39, 0.29) is 0 Å². The minimum absolute atomic E-state index is 0.333. The average Bonchev–Trinajstić information content (AvgIpc) is 2.71. The maximum atomic E-state index is 5.90. The molecule has 2 N–H and O–H groups in total. The van der Waals surface area contributed by atoms with Gasteiger partial charge in [-0.3, -0.25) is 4.90 Å². The van der Waals surface area contributed by atoms with Gasteiger partial charge in [0.1, 0.15) is 6.26 Å². The number of rotatable bonds is 3. The van der Waals surface area contributed by atoms with E-state index in [9.17, 15) is 0 Å². The number of likely N-dealkylation sites (tertiary alicyclic amines) is 1. The summed E-state index contributed by atoms with van der Waals surface area (Å²) < 4.78 is 4.82. The molecule has 4 nitrogen and oxygen atoms in total. The molecule has 1 fully saturated rings. The SMILES string of the molecule is CC(N)C1CCN(Cc2ccon2)CC1. The summed E-state index contributed by atoms with van der Waals surface area (Å²) in [5, 5.41) is 3.92. The molecule has 15 heavy (non-hydrogen) atoms. The van der Waals surface area contributed by atoms with Crippen LogP contribution in [0.1, 0.15) is 25.5 Å². The van der Waals surface area contributed by atoms with Crippen molar-refractivity contribution >= 4 is 0 Å². The lowest BCUT2D eigenvalue weighted by Gasteiger charge is -2.33. The minimum atomic E-state index is 0.333. The lowest BCUT2D eigenvalue weighted by molar-refractivity contribution is 0.162. The molecule has 1 aromatic heterocycles. The van der Waals surface area contributed by atoms with Crippen LogP contribution in [-0.4, -0.2) is 29.2 Å². The summed E-state index contributed by atoms with van der Waals surface area (Å²) in [6, 6.07) is 2.26. The highest BCUT2D eigenvalue weighted by Crippen LogP contribution is 2.20. The van der Waals surface area contributed by atoms with Gasteiger partial charge in [0.15, 0.2) is 0 Å². The van der Waals surface area contributed by atoms with E-state index in [0.717, 1.165) is 25.3 Å². The van der Waals surface area contributed by atoms with E-state index >= 15 is 0 Å². The van der Waals surface area contributed by atoms with Crippen LogP contribution in [0, 0.1) is 5.92 Å². The molecule has 1 unspecified atom stereocenters. The van der Waals surface area contributed by atoms with Gasteiger partial charge in [0, 0.05) is 18.7 Å². The number of hydrogen-bond acceptors (Lipinski definition) is 4. The Morgan fingerprint density at radius 1 is 1.60 bits per heavy atom. The Morgan fingerprint density at radius 3 is 2.87 bits per heavy atom. The van der Waals surface area contributed by atoms with Gasteiger partial charge in [-0.05, 0) is 38.8 Å². The molecule has 0 saturated carbocycles. The number of piperidine rings is 1. The zero-order valence-corrected chi connectivity index (χ0v) is 9.22. The highest BCUT2D eigenvalue weighted by molar-refractivity contribution is 4.95. The van der Waals surface area contributed by atoms with E-state index in [1.807, 2.05) is 6.07 Å². The Hall–Kier alpha value is -0.870. The lowest BCUT2D eigenvalue weighted by Crippen LogP contribution is -2.39. The van der Waals surface area contributed by atoms with Gasteiger partial charge in [-0.1, -0.05) is 5.16 Å². The molecule has 2 rings (SSSR count). The van der Waals surface area contributed by atoms with E-state index < -0.39 is 0 Å². The fraction of sp³-hybridized carbons (Fsp3) is 0.727. The Morgan fingerprint density at radius 2 is 2.33 bits per heavy atom. The summed E-state index contributed by atoms with van der Waals surface area (Å²) >= 11 is 0. The Balaban J connectivity index is 1.79. The first-order chi connectivity index (χ1) is 7.25. The molecular formula is C11H19N3O. The second-order valence-electron chi connectivity index (χ2n) is 4.46. The fourth-order valence-corrected chi connectivity index (χ4v) is 2.19. The smallest absolute Gasteiger partial charge is 0.124 e. The zero-order chi connectivity index (χ0) is 10.7. The molecule has 0 amide bonds. The van der Waals surface area contributed by atoms with Crippen LogP contribution in [0.5, 0.6) is 0 Å². The maximum Gasteiger partial charge on any atom is 0.124 e. The maximum absolute atomic E-state index is 5.90. The molecule has 84 valence electrons. The Labute approximate surface area is 90.4 Å². The summed E-state index contributed by atoms with van der Waals surface area (Å²) in [6.07, 6.45) is 4.04. The first-order valence-electron chi connectivity index (χ1n) is 5.63. The lowest BCUT2D eigenvalue weighted by atomic mass is 9.91. The van der Waals surface area contributed by atoms with Gasteiger partial charge in [0.25, 0.3) is 0 Å². The van der Waals surface area contributed by atoms with Crippen LogP contribution in [0.3, 0.4) is 0 Å². The third-order valence-electron chi connectivity index (χ3n) is 3.25. The average molecular weight is 209 g/mol. The number of nitrogens with two attached hydrogens (primary N) is 1. The molecular weight excluding hydrogens is 190 g/mol. The summed E-state index contributed by atoms with van der Waals surface area (Å²) in [5.74, 6) is 0.693. The van der Waals surface area contributed by atoms with Gasteiger partial charge in [0.2, 0.25) is 0 Å². The number of hydrogen-bond donors (Lipinski definition) is 1. The van der Waals surface area contributed by atoms with Crippen molar-refractivity contribution < 1.29 is 4.52 Å². The van der Waals surface area contributed by atoms with Crippen molar-refractivity contribution in [2.45, 2.75) is 32.4 Å². The first kappa shape index (κ1) is 10.6. The molecule has 0 aromatic carbocycles. The van der Waals surface area contributed by atoms with Crippen molar-refractivity contribution in [2.75, 3.05) is 13.1 Å². The number of nitrogens with zero attached hydrogens (tertiary/aromatic N) is 2. The van der Waals surface area contributed by atoms with Crippen LogP contribution in [0.2, 0.25) is 0 Å². The third kappa shape index (κ3) is 2.79. The van der Waals surface area contributed by atoms with E-state index in [1.165, 1.54) is 12.8 Å². The number of aromatic nitrogens is 1. The summed E-state index contributed by atoms with van der Waals surface area (Å²) in [4.78, 5) is 2.41. The highest BCUT2D eigenvalue weighted by Gasteiger charge is 2.22. The van der Waals surface area contributed by atoms with Crippen LogP contribution in [0.4, 0.5) is 0 Å². The molecule has 0 spiro atoms. The molecule has 1 saturated heterocycles. The quantitative estimate of drug-likeness (QED) is 0.813. The molecule has 1 aliphatic heterocycles. The van der Waals surface area contributed by atoms with Gasteiger partial charge < -0.3 is 10.3 Å². The van der Waals surface area contributed by atoms with E-state index in [1.54, 1.807) is 6.26 Å². The first-order valence-corrected chi connectivity index (χ1v) is 5.63. The van der Waals surface area contributed by atoms with Crippen molar-refractivity contribution in [3.63, 3.8) is 0 Å². The van der Waals surface area contributed by atoms with Crippen LogP contribution in [0.25, 0.3) is 0 Å². The largest absolute Gasteiger partial charge is 0.364 e. The normalized spacial score (nSPS) is 21.7. The molecule has 0 aliphatic carbocycles. The van der Waals surface area contributed by atoms with E-state index in [0.29, 0.717) is 12.0 Å². The van der Waals surface area contributed by atoms with Crippen LogP contribution in [0.15, 0.2) is 16.9 Å². The predicted octanol–water partition coefficient (Wildman–Crippen LogP) is 1.23. The molecule has 0 radical (unpaired) electrons. The molecule has 4 heteroatoms. The van der Waals surface area contributed by atoms with Gasteiger partial charge in [-0.15, -0.1) is 0 Å². The molecule has 0 bridgehead atoms. The second kappa shape index (κ2) is 4.77. The van der Waals surface area contributed by atoms with Crippen molar-refractivity contribution in [1.82, 2.24) is 10.1 Å². The molecule has 1 atom stereocenters. The van der Waals surface area contributed by atoms with Crippen LogP contribution < -0.4 is 5.73 Å². The van der Waals surface area contributed by atoms with Crippen molar-refractivity contribution in [2.24, 2.45) is 11.7 Å². The Kier molecular flexibility index (Phi) is 3.38. The predicted molar refractivity (Wildman–Crippen MR) is 58.2 cm³/mol. The molecule has 1 aliphatic rings. The monoisotopic (exact) mass is 209 g/mol. The minimum Gasteiger partial charge on any atom is -0.364 e. The van der Waals surface area contributed by atoms with Crippen molar-refractivity contribution in [3.05, 3.63) is 18.0 Å². The van der Waals surface area contributed by atoms with Gasteiger partial charge in [-0.2, -0.15) is 0 Å². The van der Waals surface area contributed by atoms with Gasteiger partial charge >= 0.3 is 0 Å². The summed E-state index contributed by atoms with van der Waals surface area (Å²) in [5.41, 5.74) is 6.93. The molecule has 2 heterocycles. The van der Waals surface area contributed by atoms with Gasteiger partial charge in [-0.25, -0.2) is 0 Å². The summed E-state index contributed by atoms with van der Waals surface area (Å²) in [6.45, 7) is 5.26. The highest BCUT2D eigenvalue weighted by atomic mass is 16.5. The van der Waals surface area contributed by atoms with Crippen LogP contribution >= 0.6 is 0 Å². The van der Waals surface area contributed by atoms with Crippen molar-refractivity contribution in [3.8, 4) is 0 Å². The van der Waals surface area contributed by atoms with E-state index in [4.69, 9.17) is 10.3 Å².